The molecule has 3 aromatic rings. The number of hydrogen-bond acceptors (Lipinski definition) is 4. The van der Waals surface area contributed by atoms with E-state index in [1.165, 1.54) is 22.2 Å². The lowest BCUT2D eigenvalue weighted by Gasteiger charge is -2.16. The fourth-order valence-electron chi connectivity index (χ4n) is 2.43. The van der Waals surface area contributed by atoms with Crippen LogP contribution < -0.4 is 10.9 Å². The summed E-state index contributed by atoms with van der Waals surface area (Å²) >= 11 is 7.44. The van der Waals surface area contributed by atoms with Crippen LogP contribution in [0.5, 0.6) is 0 Å². The van der Waals surface area contributed by atoms with Gasteiger partial charge in [0.2, 0.25) is 5.91 Å². The molecule has 1 aromatic carbocycles. The van der Waals surface area contributed by atoms with Gasteiger partial charge in [-0.2, -0.15) is 0 Å². The molecule has 3 rings (SSSR count). The largest absolute Gasteiger partial charge is 0.324 e. The molecule has 1 N–H and O–H groups in total. The zero-order valence-corrected chi connectivity index (χ0v) is 15.0. The molecule has 1 amide bonds. The number of carbonyl (C=O) groups excluding carboxylic acids is 1. The number of anilines is 1. The van der Waals surface area contributed by atoms with Crippen LogP contribution in [0, 0.1) is 13.8 Å². The molecule has 1 atom stereocenters. The lowest BCUT2D eigenvalue weighted by molar-refractivity contribution is -0.118. The van der Waals surface area contributed by atoms with E-state index in [9.17, 15) is 9.59 Å². The van der Waals surface area contributed by atoms with Crippen molar-refractivity contribution in [2.75, 3.05) is 5.32 Å². The van der Waals surface area contributed by atoms with Crippen LogP contribution in [0.2, 0.25) is 5.02 Å². The van der Waals surface area contributed by atoms with Crippen molar-refractivity contribution < 1.29 is 4.79 Å². The van der Waals surface area contributed by atoms with Crippen molar-refractivity contribution >= 4 is 44.7 Å². The minimum absolute atomic E-state index is 0.213. The van der Waals surface area contributed by atoms with Gasteiger partial charge in [-0.25, -0.2) is 4.98 Å². The Morgan fingerprint density at radius 2 is 2.08 bits per heavy atom. The molecule has 0 aliphatic rings. The maximum Gasteiger partial charge on any atom is 0.262 e. The number of hydrogen-bond donors (Lipinski definition) is 1. The average Bonchev–Trinajstić information content (AvgIpc) is 2.92. The van der Waals surface area contributed by atoms with Crippen molar-refractivity contribution in [3.05, 3.63) is 56.4 Å². The van der Waals surface area contributed by atoms with Gasteiger partial charge >= 0.3 is 0 Å². The van der Waals surface area contributed by atoms with Gasteiger partial charge in [0.25, 0.3) is 5.56 Å². The van der Waals surface area contributed by atoms with Crippen molar-refractivity contribution in [2.24, 2.45) is 0 Å². The second-order valence-corrected chi connectivity index (χ2v) is 7.33. The van der Waals surface area contributed by atoms with Gasteiger partial charge in [0, 0.05) is 15.6 Å². The topological polar surface area (TPSA) is 64.0 Å². The molecular formula is C17H16ClN3O2S. The summed E-state index contributed by atoms with van der Waals surface area (Å²) in [5.41, 5.74) is 1.32. The second kappa shape index (κ2) is 6.37. The maximum absolute atomic E-state index is 12.6. The summed E-state index contributed by atoms with van der Waals surface area (Å²) < 4.78 is 1.35. The molecule has 0 bridgehead atoms. The van der Waals surface area contributed by atoms with Gasteiger partial charge in [-0.15, -0.1) is 11.3 Å². The summed E-state index contributed by atoms with van der Waals surface area (Å²) in [4.78, 5) is 31.1. The van der Waals surface area contributed by atoms with Crippen molar-refractivity contribution in [3.63, 3.8) is 0 Å². The molecule has 2 aromatic heterocycles. The van der Waals surface area contributed by atoms with E-state index in [0.29, 0.717) is 20.9 Å². The Morgan fingerprint density at radius 1 is 1.33 bits per heavy atom. The van der Waals surface area contributed by atoms with E-state index in [1.54, 1.807) is 25.1 Å². The predicted molar refractivity (Wildman–Crippen MR) is 98.1 cm³/mol. The predicted octanol–water partition coefficient (Wildman–Crippen LogP) is 3.93. The number of amides is 1. The molecule has 24 heavy (non-hydrogen) atoms. The first-order valence-electron chi connectivity index (χ1n) is 7.41. The minimum atomic E-state index is -0.687. The standard InChI is InChI=1S/C17H16ClN3O2S/c1-9-4-5-12(18)7-14(9)20-15(22)11(3)21-8-19-16-13(17(21)23)6-10(2)24-16/h4-8,11H,1-3H3,(H,20,22)/t11-/m0/s1. The Labute approximate surface area is 147 Å². The molecule has 0 aliphatic carbocycles. The molecule has 2 heterocycles. The summed E-state index contributed by atoms with van der Waals surface area (Å²) in [6, 6.07) is 6.40. The number of benzene rings is 1. The van der Waals surface area contributed by atoms with E-state index in [1.807, 2.05) is 19.9 Å². The number of thiophene rings is 1. The monoisotopic (exact) mass is 361 g/mol. The van der Waals surface area contributed by atoms with Crippen LogP contribution in [0.3, 0.4) is 0 Å². The number of nitrogens with zero attached hydrogens (tertiary/aromatic N) is 2. The summed E-state index contributed by atoms with van der Waals surface area (Å²) in [7, 11) is 0. The number of halogens is 1. The van der Waals surface area contributed by atoms with Crippen LogP contribution in [0.15, 0.2) is 35.4 Å². The molecule has 5 nitrogen and oxygen atoms in total. The Morgan fingerprint density at radius 3 is 2.83 bits per heavy atom. The van der Waals surface area contributed by atoms with Gasteiger partial charge in [-0.05, 0) is 44.5 Å². The third-order valence-electron chi connectivity index (χ3n) is 3.85. The smallest absolute Gasteiger partial charge is 0.262 e. The van der Waals surface area contributed by atoms with Crippen molar-refractivity contribution in [2.45, 2.75) is 26.8 Å². The van der Waals surface area contributed by atoms with E-state index in [2.05, 4.69) is 10.3 Å². The number of nitrogens with one attached hydrogen (secondary N) is 1. The van der Waals surface area contributed by atoms with Crippen LogP contribution in [0.25, 0.3) is 10.2 Å². The molecule has 0 unspecified atom stereocenters. The van der Waals surface area contributed by atoms with Crippen molar-refractivity contribution in [1.82, 2.24) is 9.55 Å². The van der Waals surface area contributed by atoms with Gasteiger partial charge in [0.1, 0.15) is 10.9 Å². The average molecular weight is 362 g/mol. The number of carbonyl (C=O) groups is 1. The van der Waals surface area contributed by atoms with E-state index < -0.39 is 6.04 Å². The van der Waals surface area contributed by atoms with E-state index in [0.717, 1.165) is 10.4 Å². The van der Waals surface area contributed by atoms with Crippen molar-refractivity contribution in [1.29, 1.82) is 0 Å². The summed E-state index contributed by atoms with van der Waals surface area (Å²) in [6.45, 7) is 5.47. The second-order valence-electron chi connectivity index (χ2n) is 5.66. The molecule has 0 aliphatic heterocycles. The Balaban J connectivity index is 1.92. The summed E-state index contributed by atoms with van der Waals surface area (Å²) in [6.07, 6.45) is 1.43. The van der Waals surface area contributed by atoms with Gasteiger partial charge in [-0.1, -0.05) is 17.7 Å². The number of aromatic nitrogens is 2. The van der Waals surface area contributed by atoms with Crippen LogP contribution in [-0.4, -0.2) is 15.5 Å². The number of aryl methyl sites for hydroxylation is 2. The molecule has 0 fully saturated rings. The van der Waals surface area contributed by atoms with E-state index in [-0.39, 0.29) is 11.5 Å². The Bertz CT molecular complexity index is 993. The lowest BCUT2D eigenvalue weighted by atomic mass is 10.2. The molecule has 0 saturated carbocycles. The number of fused-ring (bicyclic) bond motifs is 1. The number of rotatable bonds is 3. The zero-order valence-electron chi connectivity index (χ0n) is 13.5. The van der Waals surface area contributed by atoms with Crippen LogP contribution >= 0.6 is 22.9 Å². The first-order chi connectivity index (χ1) is 11.4. The van der Waals surface area contributed by atoms with Gasteiger partial charge in [-0.3, -0.25) is 14.2 Å². The highest BCUT2D eigenvalue weighted by Crippen LogP contribution is 2.22. The van der Waals surface area contributed by atoms with Gasteiger partial charge < -0.3 is 5.32 Å². The molecule has 0 radical (unpaired) electrons. The van der Waals surface area contributed by atoms with Crippen molar-refractivity contribution in [3.8, 4) is 0 Å². The van der Waals surface area contributed by atoms with Crippen LogP contribution in [-0.2, 0) is 4.79 Å². The fourth-order valence-corrected chi connectivity index (χ4v) is 3.44. The molecular weight excluding hydrogens is 346 g/mol. The zero-order chi connectivity index (χ0) is 17.4. The normalized spacial score (nSPS) is 12.3. The third-order valence-corrected chi connectivity index (χ3v) is 5.05. The maximum atomic E-state index is 12.6. The highest BCUT2D eigenvalue weighted by atomic mass is 35.5. The highest BCUT2D eigenvalue weighted by molar-refractivity contribution is 7.18. The fraction of sp³-hybridized carbons (Fsp3) is 0.235. The van der Waals surface area contributed by atoms with Gasteiger partial charge in [0.05, 0.1) is 11.7 Å². The first-order valence-corrected chi connectivity index (χ1v) is 8.60. The van der Waals surface area contributed by atoms with Gasteiger partial charge in [0.15, 0.2) is 0 Å². The highest BCUT2D eigenvalue weighted by Gasteiger charge is 2.19. The third kappa shape index (κ3) is 3.07. The van der Waals surface area contributed by atoms with Crippen LogP contribution in [0.4, 0.5) is 5.69 Å². The first kappa shape index (κ1) is 16.7. The van der Waals surface area contributed by atoms with Crippen LogP contribution in [0.1, 0.15) is 23.4 Å². The lowest BCUT2D eigenvalue weighted by Crippen LogP contribution is -2.31. The molecule has 0 spiro atoms. The molecule has 7 heteroatoms. The summed E-state index contributed by atoms with van der Waals surface area (Å²) in [5.74, 6) is -0.296. The van der Waals surface area contributed by atoms with E-state index in [4.69, 9.17) is 11.6 Å². The molecule has 0 saturated heterocycles. The Hall–Kier alpha value is -2.18. The SMILES string of the molecule is Cc1cc2c(=O)n([C@@H](C)C(=O)Nc3cc(Cl)ccc3C)cnc2s1. The summed E-state index contributed by atoms with van der Waals surface area (Å²) in [5, 5.41) is 3.90. The quantitative estimate of drug-likeness (QED) is 0.768. The Kier molecular flexibility index (Phi) is 4.43. The minimum Gasteiger partial charge on any atom is -0.324 e. The van der Waals surface area contributed by atoms with E-state index >= 15 is 0 Å². The molecule has 124 valence electrons.